The summed E-state index contributed by atoms with van der Waals surface area (Å²) in [6.07, 6.45) is 5.89. The molecule has 2 fully saturated rings. The zero-order valence-electron chi connectivity index (χ0n) is 12.3. The van der Waals surface area contributed by atoms with Crippen LogP contribution in [0.15, 0.2) is 24.4 Å². The number of carbonyl (C=O) groups excluding carboxylic acids is 1. The first-order valence-corrected chi connectivity index (χ1v) is 7.81. The molecule has 5 heteroatoms. The summed E-state index contributed by atoms with van der Waals surface area (Å²) in [5.74, 6) is 0.422. The molecule has 1 aromatic heterocycles. The number of amides is 1. The van der Waals surface area contributed by atoms with Crippen LogP contribution >= 0.6 is 0 Å². The maximum absolute atomic E-state index is 12.0. The maximum Gasteiger partial charge on any atom is 0.269 e. The predicted molar refractivity (Wildman–Crippen MR) is 80.1 cm³/mol. The highest BCUT2D eigenvalue weighted by Gasteiger charge is 2.38. The maximum atomic E-state index is 12.0. The van der Waals surface area contributed by atoms with Gasteiger partial charge in [0.05, 0.1) is 5.60 Å². The molecule has 0 saturated carbocycles. The zero-order valence-corrected chi connectivity index (χ0v) is 12.3. The number of hydrogen-bond donors (Lipinski definition) is 2. The van der Waals surface area contributed by atoms with Gasteiger partial charge in [-0.2, -0.15) is 0 Å². The number of pyridine rings is 1. The molecular weight excluding hydrogens is 266 g/mol. The van der Waals surface area contributed by atoms with Crippen molar-refractivity contribution in [2.75, 3.05) is 26.2 Å². The molecule has 0 bridgehead atoms. The van der Waals surface area contributed by atoms with Gasteiger partial charge in [0.2, 0.25) is 0 Å². The van der Waals surface area contributed by atoms with Crippen LogP contribution in [0, 0.1) is 5.92 Å². The first-order valence-electron chi connectivity index (χ1n) is 7.81. The van der Waals surface area contributed by atoms with Gasteiger partial charge in [-0.3, -0.25) is 9.78 Å². The van der Waals surface area contributed by atoms with Crippen LogP contribution in [0.3, 0.4) is 0 Å². The average Bonchev–Trinajstić information content (AvgIpc) is 2.54. The van der Waals surface area contributed by atoms with Gasteiger partial charge in [-0.1, -0.05) is 6.07 Å². The second kappa shape index (κ2) is 6.54. The lowest BCUT2D eigenvalue weighted by molar-refractivity contribution is -0.112. The number of nitrogens with zero attached hydrogens (tertiary/aromatic N) is 1. The quantitative estimate of drug-likeness (QED) is 0.882. The fourth-order valence-corrected chi connectivity index (χ4v) is 3.36. The summed E-state index contributed by atoms with van der Waals surface area (Å²) in [4.78, 5) is 16.1. The Morgan fingerprint density at radius 3 is 3.05 bits per heavy atom. The van der Waals surface area contributed by atoms with Crippen molar-refractivity contribution >= 4 is 5.91 Å². The molecule has 1 unspecified atom stereocenters. The fraction of sp³-hybridized carbons (Fsp3) is 0.625. The van der Waals surface area contributed by atoms with Crippen LogP contribution in [-0.2, 0) is 4.74 Å². The predicted octanol–water partition coefficient (Wildman–Crippen LogP) is 1.36. The van der Waals surface area contributed by atoms with Crippen molar-refractivity contribution in [3.05, 3.63) is 30.1 Å². The first kappa shape index (κ1) is 14.5. The molecule has 2 saturated heterocycles. The van der Waals surface area contributed by atoms with Crippen LogP contribution in [-0.4, -0.2) is 42.7 Å². The summed E-state index contributed by atoms with van der Waals surface area (Å²) in [6.45, 7) is 3.60. The van der Waals surface area contributed by atoms with Crippen molar-refractivity contribution in [1.82, 2.24) is 15.6 Å². The van der Waals surface area contributed by atoms with Crippen LogP contribution in [0.5, 0.6) is 0 Å². The molecule has 2 aliphatic heterocycles. The van der Waals surface area contributed by atoms with Crippen LogP contribution < -0.4 is 10.6 Å². The van der Waals surface area contributed by atoms with E-state index in [1.807, 2.05) is 12.1 Å². The Labute approximate surface area is 125 Å². The number of ether oxygens (including phenoxy) is 1. The molecule has 0 aromatic carbocycles. The van der Waals surface area contributed by atoms with Crippen molar-refractivity contribution in [2.45, 2.75) is 31.3 Å². The van der Waals surface area contributed by atoms with E-state index >= 15 is 0 Å². The van der Waals surface area contributed by atoms with Gasteiger partial charge in [-0.05, 0) is 56.8 Å². The first-order chi connectivity index (χ1) is 10.3. The van der Waals surface area contributed by atoms with Gasteiger partial charge in [0.15, 0.2) is 0 Å². The number of hydrogen-bond acceptors (Lipinski definition) is 4. The molecule has 2 aliphatic rings. The Hall–Kier alpha value is -1.46. The average molecular weight is 289 g/mol. The fourth-order valence-electron chi connectivity index (χ4n) is 3.36. The largest absolute Gasteiger partial charge is 0.375 e. The van der Waals surface area contributed by atoms with E-state index in [9.17, 15) is 4.79 Å². The molecule has 1 aromatic rings. The third-order valence-corrected chi connectivity index (χ3v) is 4.56. The number of piperidine rings is 1. The lowest BCUT2D eigenvalue weighted by atomic mass is 9.80. The minimum Gasteiger partial charge on any atom is -0.375 e. The number of carbonyl (C=O) groups is 1. The number of rotatable bonds is 3. The molecule has 0 radical (unpaired) electrons. The summed E-state index contributed by atoms with van der Waals surface area (Å²) >= 11 is 0. The second-order valence-electron chi connectivity index (χ2n) is 6.07. The topological polar surface area (TPSA) is 63.2 Å². The second-order valence-corrected chi connectivity index (χ2v) is 6.07. The summed E-state index contributed by atoms with van der Waals surface area (Å²) in [5, 5.41) is 6.40. The van der Waals surface area contributed by atoms with Gasteiger partial charge < -0.3 is 15.4 Å². The lowest BCUT2D eigenvalue weighted by Gasteiger charge is -2.43. The summed E-state index contributed by atoms with van der Waals surface area (Å²) in [5.41, 5.74) is 0.533. The smallest absolute Gasteiger partial charge is 0.269 e. The van der Waals surface area contributed by atoms with Crippen LogP contribution in [0.2, 0.25) is 0 Å². The SMILES string of the molecule is O=C(NCC1CCOC2(CCNCC2)C1)c1ccccn1. The zero-order chi connectivity index (χ0) is 14.5. The van der Waals surface area contributed by atoms with E-state index in [4.69, 9.17) is 4.74 Å². The molecule has 0 aliphatic carbocycles. The van der Waals surface area contributed by atoms with Gasteiger partial charge in [-0.15, -0.1) is 0 Å². The highest BCUT2D eigenvalue weighted by Crippen LogP contribution is 2.35. The molecule has 3 heterocycles. The standard InChI is InChI=1S/C16H23N3O2/c20-15(14-3-1-2-7-18-14)19-12-13-4-10-21-16(11-13)5-8-17-9-6-16/h1-3,7,13,17H,4-6,8-12H2,(H,19,20). The van der Waals surface area contributed by atoms with Gasteiger partial charge in [0.1, 0.15) is 5.69 Å². The Kier molecular flexibility index (Phi) is 4.51. The van der Waals surface area contributed by atoms with E-state index in [-0.39, 0.29) is 11.5 Å². The molecule has 114 valence electrons. The van der Waals surface area contributed by atoms with Crippen molar-refractivity contribution in [3.8, 4) is 0 Å². The highest BCUT2D eigenvalue weighted by atomic mass is 16.5. The van der Waals surface area contributed by atoms with Crippen molar-refractivity contribution in [3.63, 3.8) is 0 Å². The van der Waals surface area contributed by atoms with E-state index in [0.717, 1.165) is 45.4 Å². The molecule has 1 amide bonds. The molecule has 2 N–H and O–H groups in total. The van der Waals surface area contributed by atoms with Crippen LogP contribution in [0.1, 0.15) is 36.2 Å². The minimum atomic E-state index is -0.0820. The molecule has 21 heavy (non-hydrogen) atoms. The van der Waals surface area contributed by atoms with E-state index < -0.39 is 0 Å². The van der Waals surface area contributed by atoms with Crippen LogP contribution in [0.25, 0.3) is 0 Å². The van der Waals surface area contributed by atoms with Crippen LogP contribution in [0.4, 0.5) is 0 Å². The summed E-state index contributed by atoms with van der Waals surface area (Å²) in [7, 11) is 0. The van der Waals surface area contributed by atoms with E-state index in [1.165, 1.54) is 0 Å². The third-order valence-electron chi connectivity index (χ3n) is 4.56. The molecule has 3 rings (SSSR count). The Balaban J connectivity index is 1.52. The van der Waals surface area contributed by atoms with E-state index in [2.05, 4.69) is 15.6 Å². The summed E-state index contributed by atoms with van der Waals surface area (Å²) < 4.78 is 6.06. The Morgan fingerprint density at radius 1 is 1.43 bits per heavy atom. The number of nitrogens with one attached hydrogen (secondary N) is 2. The summed E-state index contributed by atoms with van der Waals surface area (Å²) in [6, 6.07) is 5.39. The normalized spacial score (nSPS) is 24.7. The monoisotopic (exact) mass is 289 g/mol. The molecule has 1 spiro atoms. The van der Waals surface area contributed by atoms with Gasteiger partial charge in [-0.25, -0.2) is 0 Å². The molecular formula is C16H23N3O2. The Morgan fingerprint density at radius 2 is 2.29 bits per heavy atom. The van der Waals surface area contributed by atoms with Gasteiger partial charge in [0.25, 0.3) is 5.91 Å². The van der Waals surface area contributed by atoms with Gasteiger partial charge >= 0.3 is 0 Å². The van der Waals surface area contributed by atoms with E-state index in [1.54, 1.807) is 12.3 Å². The van der Waals surface area contributed by atoms with Gasteiger partial charge in [0, 0.05) is 19.3 Å². The number of aromatic nitrogens is 1. The highest BCUT2D eigenvalue weighted by molar-refractivity contribution is 5.92. The Bertz CT molecular complexity index is 466. The lowest BCUT2D eigenvalue weighted by Crippen LogP contribution is -2.49. The van der Waals surface area contributed by atoms with E-state index in [0.29, 0.717) is 18.2 Å². The molecule has 1 atom stereocenters. The van der Waals surface area contributed by atoms with Crippen molar-refractivity contribution in [2.24, 2.45) is 5.92 Å². The van der Waals surface area contributed by atoms with Crippen molar-refractivity contribution in [1.29, 1.82) is 0 Å². The third kappa shape index (κ3) is 3.60. The minimum absolute atomic E-state index is 0.0455. The van der Waals surface area contributed by atoms with Crippen molar-refractivity contribution < 1.29 is 9.53 Å². The molecule has 5 nitrogen and oxygen atoms in total.